The number of aromatic nitrogens is 2. The van der Waals surface area contributed by atoms with Gasteiger partial charge in [0, 0.05) is 16.3 Å². The van der Waals surface area contributed by atoms with Crippen LogP contribution in [0.5, 0.6) is 0 Å². The fourth-order valence-corrected chi connectivity index (χ4v) is 2.69. The van der Waals surface area contributed by atoms with Crippen molar-refractivity contribution < 1.29 is 9.53 Å². The monoisotopic (exact) mass is 340 g/mol. The first-order valence-electron chi connectivity index (χ1n) is 7.59. The average Bonchev–Trinajstić information content (AvgIpc) is 2.92. The van der Waals surface area contributed by atoms with Crippen LogP contribution in [0.2, 0.25) is 5.02 Å². The van der Waals surface area contributed by atoms with Gasteiger partial charge in [-0.05, 0) is 44.2 Å². The Morgan fingerprint density at radius 1 is 1.12 bits per heavy atom. The standard InChI is InChI=1S/C19H17ClN2O2/c1-13-10-14(2)22(21-13)17-8-5-7-15(11-17)19(23)24-12-16-6-3-4-9-18(16)20/h3-11H,12H2,1-2H3. The third kappa shape index (κ3) is 3.49. The maximum atomic E-state index is 12.3. The van der Waals surface area contributed by atoms with Gasteiger partial charge in [-0.2, -0.15) is 5.10 Å². The largest absolute Gasteiger partial charge is 0.457 e. The summed E-state index contributed by atoms with van der Waals surface area (Å²) < 4.78 is 7.17. The van der Waals surface area contributed by atoms with Crippen molar-refractivity contribution in [2.75, 3.05) is 0 Å². The summed E-state index contributed by atoms with van der Waals surface area (Å²) in [7, 11) is 0. The highest BCUT2D eigenvalue weighted by Crippen LogP contribution is 2.18. The molecular formula is C19H17ClN2O2. The van der Waals surface area contributed by atoms with E-state index in [-0.39, 0.29) is 6.61 Å². The van der Waals surface area contributed by atoms with Crippen molar-refractivity contribution in [3.63, 3.8) is 0 Å². The van der Waals surface area contributed by atoms with Crippen molar-refractivity contribution in [1.29, 1.82) is 0 Å². The van der Waals surface area contributed by atoms with Crippen LogP contribution in [0.15, 0.2) is 54.6 Å². The van der Waals surface area contributed by atoms with Gasteiger partial charge in [-0.1, -0.05) is 35.9 Å². The molecule has 24 heavy (non-hydrogen) atoms. The van der Waals surface area contributed by atoms with Gasteiger partial charge in [0.1, 0.15) is 6.61 Å². The summed E-state index contributed by atoms with van der Waals surface area (Å²) in [6.45, 7) is 4.05. The molecule has 0 aliphatic heterocycles. The molecule has 0 radical (unpaired) electrons. The van der Waals surface area contributed by atoms with Crippen molar-refractivity contribution in [3.05, 3.63) is 82.1 Å². The van der Waals surface area contributed by atoms with Crippen molar-refractivity contribution in [2.45, 2.75) is 20.5 Å². The molecule has 0 saturated heterocycles. The van der Waals surface area contributed by atoms with Gasteiger partial charge in [-0.25, -0.2) is 9.48 Å². The molecule has 0 amide bonds. The van der Waals surface area contributed by atoms with Gasteiger partial charge in [0.15, 0.2) is 0 Å². The van der Waals surface area contributed by atoms with E-state index in [0.29, 0.717) is 10.6 Å². The molecule has 1 aromatic heterocycles. The van der Waals surface area contributed by atoms with E-state index in [1.165, 1.54) is 0 Å². The highest BCUT2D eigenvalue weighted by atomic mass is 35.5. The SMILES string of the molecule is Cc1cc(C)n(-c2cccc(C(=O)OCc3ccccc3Cl)c2)n1. The molecule has 0 spiro atoms. The summed E-state index contributed by atoms with van der Waals surface area (Å²) in [4.78, 5) is 12.3. The van der Waals surface area contributed by atoms with E-state index in [9.17, 15) is 4.79 Å². The highest BCUT2D eigenvalue weighted by Gasteiger charge is 2.11. The number of hydrogen-bond donors (Lipinski definition) is 0. The summed E-state index contributed by atoms with van der Waals surface area (Å²) in [5, 5.41) is 5.02. The summed E-state index contributed by atoms with van der Waals surface area (Å²) in [6.07, 6.45) is 0. The number of ether oxygens (including phenoxy) is 1. The summed E-state index contributed by atoms with van der Waals surface area (Å²) in [6, 6.07) is 16.5. The molecular weight excluding hydrogens is 324 g/mol. The lowest BCUT2D eigenvalue weighted by Gasteiger charge is -2.09. The molecule has 3 aromatic rings. The number of nitrogens with zero attached hydrogens (tertiary/aromatic N) is 2. The fraction of sp³-hybridized carbons (Fsp3) is 0.158. The molecule has 0 N–H and O–H groups in total. The number of carbonyl (C=O) groups is 1. The Morgan fingerprint density at radius 3 is 2.62 bits per heavy atom. The van der Waals surface area contributed by atoms with Gasteiger partial charge in [0.2, 0.25) is 0 Å². The van der Waals surface area contributed by atoms with E-state index in [0.717, 1.165) is 22.6 Å². The number of hydrogen-bond acceptors (Lipinski definition) is 3. The maximum Gasteiger partial charge on any atom is 0.338 e. The quantitative estimate of drug-likeness (QED) is 0.657. The van der Waals surface area contributed by atoms with Crippen molar-refractivity contribution in [2.24, 2.45) is 0 Å². The maximum absolute atomic E-state index is 12.3. The molecule has 0 saturated carbocycles. The normalized spacial score (nSPS) is 10.6. The summed E-state index contributed by atoms with van der Waals surface area (Å²) in [5.41, 5.74) is 4.02. The first-order valence-corrected chi connectivity index (χ1v) is 7.96. The van der Waals surface area contributed by atoms with Crippen LogP contribution >= 0.6 is 11.6 Å². The van der Waals surface area contributed by atoms with Crippen molar-refractivity contribution in [1.82, 2.24) is 9.78 Å². The summed E-state index contributed by atoms with van der Waals surface area (Å²) >= 11 is 6.08. The van der Waals surface area contributed by atoms with E-state index < -0.39 is 5.97 Å². The Morgan fingerprint density at radius 2 is 1.92 bits per heavy atom. The van der Waals surface area contributed by atoms with Gasteiger partial charge in [-0.15, -0.1) is 0 Å². The van der Waals surface area contributed by atoms with Crippen LogP contribution in [0.1, 0.15) is 27.3 Å². The number of benzene rings is 2. The minimum atomic E-state index is -0.390. The minimum absolute atomic E-state index is 0.142. The van der Waals surface area contributed by atoms with E-state index >= 15 is 0 Å². The first-order chi connectivity index (χ1) is 11.5. The molecule has 0 atom stereocenters. The molecule has 4 nitrogen and oxygen atoms in total. The van der Waals surface area contributed by atoms with Crippen molar-refractivity contribution >= 4 is 17.6 Å². The smallest absolute Gasteiger partial charge is 0.338 e. The second-order valence-electron chi connectivity index (χ2n) is 5.56. The van der Waals surface area contributed by atoms with Gasteiger partial charge in [0.05, 0.1) is 16.9 Å². The molecule has 0 fully saturated rings. The topological polar surface area (TPSA) is 44.1 Å². The van der Waals surface area contributed by atoms with Crippen LogP contribution in [0.3, 0.4) is 0 Å². The third-order valence-corrected chi connectivity index (χ3v) is 4.02. The second kappa shape index (κ2) is 6.89. The van der Waals surface area contributed by atoms with E-state index in [1.807, 2.05) is 50.2 Å². The minimum Gasteiger partial charge on any atom is -0.457 e. The number of carbonyl (C=O) groups excluding carboxylic acids is 1. The Balaban J connectivity index is 1.77. The van der Waals surface area contributed by atoms with Crippen LogP contribution < -0.4 is 0 Å². The zero-order valence-corrected chi connectivity index (χ0v) is 14.2. The lowest BCUT2D eigenvalue weighted by atomic mass is 10.2. The Hall–Kier alpha value is -2.59. The molecule has 3 rings (SSSR count). The zero-order chi connectivity index (χ0) is 17.1. The Kier molecular flexibility index (Phi) is 4.67. The van der Waals surface area contributed by atoms with Gasteiger partial charge < -0.3 is 4.74 Å². The average molecular weight is 341 g/mol. The molecule has 0 aliphatic carbocycles. The Labute approximate surface area is 145 Å². The van der Waals surface area contributed by atoms with E-state index in [2.05, 4.69) is 5.10 Å². The number of halogens is 1. The first kappa shape index (κ1) is 16.3. The molecule has 0 unspecified atom stereocenters. The van der Waals surface area contributed by atoms with Crippen LogP contribution in [0.4, 0.5) is 0 Å². The second-order valence-corrected chi connectivity index (χ2v) is 5.96. The van der Waals surface area contributed by atoms with Gasteiger partial charge >= 0.3 is 5.97 Å². The molecule has 5 heteroatoms. The molecule has 2 aromatic carbocycles. The lowest BCUT2D eigenvalue weighted by molar-refractivity contribution is 0.0473. The highest BCUT2D eigenvalue weighted by molar-refractivity contribution is 6.31. The van der Waals surface area contributed by atoms with Gasteiger partial charge in [0.25, 0.3) is 0 Å². The predicted molar refractivity (Wildman–Crippen MR) is 93.6 cm³/mol. The molecule has 1 heterocycles. The van der Waals surface area contributed by atoms with Gasteiger partial charge in [-0.3, -0.25) is 0 Å². The molecule has 122 valence electrons. The van der Waals surface area contributed by atoms with Crippen molar-refractivity contribution in [3.8, 4) is 5.69 Å². The lowest BCUT2D eigenvalue weighted by Crippen LogP contribution is -2.07. The number of rotatable bonds is 4. The number of aryl methyl sites for hydroxylation is 2. The van der Waals surface area contributed by atoms with Crippen LogP contribution in [0, 0.1) is 13.8 Å². The third-order valence-electron chi connectivity index (χ3n) is 3.65. The summed E-state index contributed by atoms with van der Waals surface area (Å²) in [5.74, 6) is -0.390. The van der Waals surface area contributed by atoms with Crippen LogP contribution in [-0.4, -0.2) is 15.7 Å². The molecule has 0 aliphatic rings. The molecule has 0 bridgehead atoms. The van der Waals surface area contributed by atoms with E-state index in [4.69, 9.17) is 16.3 Å². The number of esters is 1. The zero-order valence-electron chi connectivity index (χ0n) is 13.5. The van der Waals surface area contributed by atoms with Crippen LogP contribution in [0.25, 0.3) is 5.69 Å². The van der Waals surface area contributed by atoms with E-state index in [1.54, 1.807) is 22.9 Å². The Bertz CT molecular complexity index is 887. The fourth-order valence-electron chi connectivity index (χ4n) is 2.50. The van der Waals surface area contributed by atoms with Crippen LogP contribution in [-0.2, 0) is 11.3 Å². The predicted octanol–water partition coefficient (Wildman–Crippen LogP) is 4.50.